The van der Waals surface area contributed by atoms with E-state index in [1.165, 1.54) is 5.56 Å². The smallest absolute Gasteiger partial charge is 0.231 e. The van der Waals surface area contributed by atoms with Gasteiger partial charge in [0, 0.05) is 18.3 Å². The average Bonchev–Trinajstić information content (AvgIpc) is 3.08. The number of aryl methyl sites for hydroxylation is 1. The molecule has 2 aromatic rings. The number of benzene rings is 2. The largest absolute Gasteiger partial charge is 0.494 e. The van der Waals surface area contributed by atoms with Gasteiger partial charge in [0.05, 0.1) is 6.61 Å². The van der Waals surface area contributed by atoms with Crippen LogP contribution < -0.4 is 24.8 Å². The Morgan fingerprint density at radius 1 is 1.16 bits per heavy atom. The summed E-state index contributed by atoms with van der Waals surface area (Å²) in [5, 5.41) is 6.98. The quantitative estimate of drug-likeness (QED) is 0.581. The Kier molecular flexibility index (Phi) is 5.95. The van der Waals surface area contributed by atoms with Crippen molar-refractivity contribution in [2.45, 2.75) is 19.8 Å². The summed E-state index contributed by atoms with van der Waals surface area (Å²) in [4.78, 5) is 0. The summed E-state index contributed by atoms with van der Waals surface area (Å²) in [6.07, 6.45) is 1.91. The highest BCUT2D eigenvalue weighted by atomic mass is 32.1. The molecule has 6 heteroatoms. The van der Waals surface area contributed by atoms with Crippen LogP contribution in [0.15, 0.2) is 42.5 Å². The van der Waals surface area contributed by atoms with Crippen LogP contribution in [0.3, 0.4) is 0 Å². The molecular weight excluding hydrogens is 336 g/mol. The van der Waals surface area contributed by atoms with Crippen molar-refractivity contribution in [2.24, 2.45) is 0 Å². The first-order valence-electron chi connectivity index (χ1n) is 8.41. The van der Waals surface area contributed by atoms with E-state index in [2.05, 4.69) is 16.7 Å². The minimum atomic E-state index is 0.269. The third kappa shape index (κ3) is 4.76. The van der Waals surface area contributed by atoms with Gasteiger partial charge >= 0.3 is 0 Å². The molecule has 0 amide bonds. The molecule has 1 aliphatic heterocycles. The number of thiocarbonyl (C=S) groups is 1. The van der Waals surface area contributed by atoms with E-state index in [0.717, 1.165) is 42.3 Å². The molecule has 5 nitrogen and oxygen atoms in total. The molecule has 0 spiro atoms. The van der Waals surface area contributed by atoms with Crippen molar-refractivity contribution in [3.8, 4) is 17.2 Å². The van der Waals surface area contributed by atoms with Gasteiger partial charge in [0.1, 0.15) is 5.75 Å². The number of rotatable bonds is 7. The van der Waals surface area contributed by atoms with Gasteiger partial charge in [0.25, 0.3) is 0 Å². The van der Waals surface area contributed by atoms with Crippen LogP contribution in [0, 0.1) is 0 Å². The molecule has 0 unspecified atom stereocenters. The van der Waals surface area contributed by atoms with Crippen molar-refractivity contribution in [3.05, 3.63) is 48.0 Å². The second-order valence-corrected chi connectivity index (χ2v) is 6.00. The third-order valence-electron chi connectivity index (χ3n) is 3.81. The fourth-order valence-electron chi connectivity index (χ4n) is 2.64. The number of nitrogens with one attached hydrogen (secondary N) is 2. The predicted octanol–water partition coefficient (Wildman–Crippen LogP) is 3.73. The lowest BCUT2D eigenvalue weighted by Gasteiger charge is -2.12. The Morgan fingerprint density at radius 2 is 2.00 bits per heavy atom. The highest BCUT2D eigenvalue weighted by Crippen LogP contribution is 2.34. The van der Waals surface area contributed by atoms with Gasteiger partial charge in [0.15, 0.2) is 16.6 Å². The Bertz CT molecular complexity index is 736. The van der Waals surface area contributed by atoms with Crippen LogP contribution in [0.4, 0.5) is 5.69 Å². The molecule has 0 saturated carbocycles. The van der Waals surface area contributed by atoms with Gasteiger partial charge in [-0.15, -0.1) is 0 Å². The molecular formula is C19H22N2O3S. The lowest BCUT2D eigenvalue weighted by Crippen LogP contribution is -2.29. The van der Waals surface area contributed by atoms with Gasteiger partial charge < -0.3 is 24.8 Å². The molecule has 0 aromatic heterocycles. The van der Waals surface area contributed by atoms with Crippen LogP contribution in [0.5, 0.6) is 17.2 Å². The number of hydrogen-bond donors (Lipinski definition) is 2. The molecule has 3 rings (SSSR count). The zero-order valence-electron chi connectivity index (χ0n) is 14.2. The predicted molar refractivity (Wildman–Crippen MR) is 103 cm³/mol. The Balaban J connectivity index is 1.42. The van der Waals surface area contributed by atoms with E-state index < -0.39 is 0 Å². The van der Waals surface area contributed by atoms with Crippen molar-refractivity contribution >= 4 is 23.0 Å². The Labute approximate surface area is 153 Å². The minimum absolute atomic E-state index is 0.269. The fraction of sp³-hybridized carbons (Fsp3) is 0.316. The molecule has 0 radical (unpaired) electrons. The number of ether oxygens (including phenoxy) is 3. The highest BCUT2D eigenvalue weighted by Gasteiger charge is 2.13. The van der Waals surface area contributed by atoms with E-state index in [1.54, 1.807) is 0 Å². The van der Waals surface area contributed by atoms with Gasteiger partial charge in [-0.05, 0) is 55.7 Å². The molecule has 25 heavy (non-hydrogen) atoms. The molecule has 2 N–H and O–H groups in total. The van der Waals surface area contributed by atoms with Crippen molar-refractivity contribution in [1.29, 1.82) is 0 Å². The number of para-hydroxylation sites is 1. The van der Waals surface area contributed by atoms with E-state index in [9.17, 15) is 0 Å². The normalized spacial score (nSPS) is 11.9. The fourth-order valence-corrected chi connectivity index (χ4v) is 2.86. The second kappa shape index (κ2) is 8.58. The standard InChI is InChI=1S/C19H22N2O3S/c1-2-22-16-8-4-3-6-14(16)7-5-11-20-19(25)21-15-9-10-17-18(12-15)24-13-23-17/h3-4,6,8-10,12H,2,5,7,11,13H2,1H3,(H2,20,21,25). The maximum Gasteiger partial charge on any atom is 0.231 e. The van der Waals surface area contributed by atoms with Gasteiger partial charge in [-0.2, -0.15) is 0 Å². The first kappa shape index (κ1) is 17.4. The minimum Gasteiger partial charge on any atom is -0.494 e. The zero-order valence-corrected chi connectivity index (χ0v) is 15.0. The topological polar surface area (TPSA) is 51.8 Å². The first-order chi connectivity index (χ1) is 12.3. The number of hydrogen-bond acceptors (Lipinski definition) is 4. The van der Waals surface area contributed by atoms with E-state index in [4.69, 9.17) is 26.4 Å². The molecule has 1 heterocycles. The third-order valence-corrected chi connectivity index (χ3v) is 4.06. The molecule has 2 aromatic carbocycles. The van der Waals surface area contributed by atoms with Crippen molar-refractivity contribution in [3.63, 3.8) is 0 Å². The SMILES string of the molecule is CCOc1ccccc1CCCNC(=S)Nc1ccc2c(c1)OCO2. The maximum atomic E-state index is 5.65. The summed E-state index contributed by atoms with van der Waals surface area (Å²) < 4.78 is 16.3. The summed E-state index contributed by atoms with van der Waals surface area (Å²) >= 11 is 5.34. The van der Waals surface area contributed by atoms with Crippen LogP contribution >= 0.6 is 12.2 Å². The summed E-state index contributed by atoms with van der Waals surface area (Å²) in [6.45, 7) is 3.74. The van der Waals surface area contributed by atoms with E-state index >= 15 is 0 Å². The van der Waals surface area contributed by atoms with Gasteiger partial charge in [-0.1, -0.05) is 18.2 Å². The van der Waals surface area contributed by atoms with E-state index in [1.807, 2.05) is 43.3 Å². The van der Waals surface area contributed by atoms with Crippen molar-refractivity contribution < 1.29 is 14.2 Å². The molecule has 0 atom stereocenters. The van der Waals surface area contributed by atoms with Gasteiger partial charge in [-0.25, -0.2) is 0 Å². The summed E-state index contributed by atoms with van der Waals surface area (Å²) in [5.41, 5.74) is 2.10. The van der Waals surface area contributed by atoms with E-state index in [-0.39, 0.29) is 6.79 Å². The van der Waals surface area contributed by atoms with Crippen LogP contribution in [0.25, 0.3) is 0 Å². The maximum absolute atomic E-state index is 5.65. The monoisotopic (exact) mass is 358 g/mol. The first-order valence-corrected chi connectivity index (χ1v) is 8.82. The highest BCUT2D eigenvalue weighted by molar-refractivity contribution is 7.80. The van der Waals surface area contributed by atoms with Crippen LogP contribution in [0.1, 0.15) is 18.9 Å². The Morgan fingerprint density at radius 3 is 2.88 bits per heavy atom. The molecule has 1 aliphatic rings. The number of anilines is 1. The van der Waals surface area contributed by atoms with Crippen LogP contribution in [-0.4, -0.2) is 25.1 Å². The molecule has 0 aliphatic carbocycles. The van der Waals surface area contributed by atoms with E-state index in [0.29, 0.717) is 11.7 Å². The average molecular weight is 358 g/mol. The van der Waals surface area contributed by atoms with Crippen molar-refractivity contribution in [2.75, 3.05) is 25.3 Å². The molecule has 0 bridgehead atoms. The van der Waals surface area contributed by atoms with Crippen LogP contribution in [0.2, 0.25) is 0 Å². The van der Waals surface area contributed by atoms with Crippen LogP contribution in [-0.2, 0) is 6.42 Å². The molecule has 0 saturated heterocycles. The van der Waals surface area contributed by atoms with Crippen molar-refractivity contribution in [1.82, 2.24) is 5.32 Å². The lowest BCUT2D eigenvalue weighted by atomic mass is 10.1. The van der Waals surface area contributed by atoms with Gasteiger partial charge in [0.2, 0.25) is 6.79 Å². The number of fused-ring (bicyclic) bond motifs is 1. The Hall–Kier alpha value is -2.47. The molecule has 132 valence electrons. The summed E-state index contributed by atoms with van der Waals surface area (Å²) in [5.74, 6) is 2.46. The summed E-state index contributed by atoms with van der Waals surface area (Å²) in [7, 11) is 0. The zero-order chi connectivity index (χ0) is 17.5. The van der Waals surface area contributed by atoms with Gasteiger partial charge in [-0.3, -0.25) is 0 Å². The lowest BCUT2D eigenvalue weighted by molar-refractivity contribution is 0.174. The molecule has 0 fully saturated rings. The summed E-state index contributed by atoms with van der Waals surface area (Å²) in [6, 6.07) is 13.8. The second-order valence-electron chi connectivity index (χ2n) is 5.59.